The number of aliphatic hydroxyl groups is 1. The van der Waals surface area contributed by atoms with Gasteiger partial charge in [0.2, 0.25) is 0 Å². The normalized spacial score (nSPS) is 18.9. The van der Waals surface area contributed by atoms with Crippen molar-refractivity contribution in [3.05, 3.63) is 29.8 Å². The third-order valence-corrected chi connectivity index (χ3v) is 3.46. The van der Waals surface area contributed by atoms with E-state index in [-0.39, 0.29) is 12.7 Å². The smallest absolute Gasteiger partial charge is 0.120 e. The molecule has 108 valence electrons. The second-order valence-corrected chi connectivity index (χ2v) is 5.80. The Bertz CT molecular complexity index is 493. The zero-order valence-electron chi connectivity index (χ0n) is 12.1. The number of hydrogen-bond donors (Lipinski definition) is 2. The van der Waals surface area contributed by atoms with Crippen LogP contribution < -0.4 is 10.1 Å². The van der Waals surface area contributed by atoms with Gasteiger partial charge < -0.3 is 9.84 Å². The largest absolute Gasteiger partial charge is 0.491 e. The fourth-order valence-corrected chi connectivity index (χ4v) is 2.38. The van der Waals surface area contributed by atoms with Crippen LogP contribution in [0.3, 0.4) is 0 Å². The highest BCUT2D eigenvalue weighted by Gasteiger charge is 2.34. The molecule has 20 heavy (non-hydrogen) atoms. The molecule has 2 rings (SSSR count). The van der Waals surface area contributed by atoms with Gasteiger partial charge >= 0.3 is 0 Å². The molecule has 1 aromatic rings. The predicted molar refractivity (Wildman–Crippen MR) is 77.2 cm³/mol. The maximum absolute atomic E-state index is 9.36. The quantitative estimate of drug-likeness (QED) is 0.801. The highest BCUT2D eigenvalue weighted by atomic mass is 16.5. The number of benzene rings is 1. The van der Waals surface area contributed by atoms with E-state index in [0.29, 0.717) is 12.5 Å². The van der Waals surface area contributed by atoms with E-state index in [1.54, 1.807) is 0 Å². The first kappa shape index (κ1) is 14.8. The fourth-order valence-electron chi connectivity index (χ4n) is 2.38. The lowest BCUT2D eigenvalue weighted by atomic mass is 9.96. The summed E-state index contributed by atoms with van der Waals surface area (Å²) < 4.78 is 5.85. The van der Waals surface area contributed by atoms with Gasteiger partial charge in [0.05, 0.1) is 18.8 Å². The van der Waals surface area contributed by atoms with Gasteiger partial charge in [0, 0.05) is 12.5 Å². The van der Waals surface area contributed by atoms with Crippen LogP contribution in [0.1, 0.15) is 38.7 Å². The Balaban J connectivity index is 1.93. The molecule has 0 saturated heterocycles. The van der Waals surface area contributed by atoms with Crippen LogP contribution in [0.25, 0.3) is 0 Å². The molecule has 1 aromatic carbocycles. The monoisotopic (exact) mass is 274 g/mol. The zero-order valence-corrected chi connectivity index (χ0v) is 12.1. The molecule has 2 atom stereocenters. The zero-order chi connectivity index (χ0) is 14.6. The first-order valence-corrected chi connectivity index (χ1v) is 7.10. The molecule has 1 aliphatic rings. The van der Waals surface area contributed by atoms with Gasteiger partial charge in [-0.15, -0.1) is 0 Å². The van der Waals surface area contributed by atoms with E-state index in [1.165, 1.54) is 0 Å². The van der Waals surface area contributed by atoms with Crippen molar-refractivity contribution >= 4 is 0 Å². The van der Waals surface area contributed by atoms with Crippen molar-refractivity contribution in [2.24, 2.45) is 0 Å². The summed E-state index contributed by atoms with van der Waals surface area (Å²) >= 11 is 0. The second kappa shape index (κ2) is 6.25. The summed E-state index contributed by atoms with van der Waals surface area (Å²) in [4.78, 5) is 0. The number of nitriles is 1. The highest BCUT2D eigenvalue weighted by Crippen LogP contribution is 2.25. The molecule has 0 bridgehead atoms. The van der Waals surface area contributed by atoms with Crippen LogP contribution in [-0.2, 0) is 6.61 Å². The Morgan fingerprint density at radius 1 is 1.55 bits per heavy atom. The Kier molecular flexibility index (Phi) is 4.64. The standard InChI is InChI=1S/C16H22N2O2/c1-12(9-16(2,11-17)18-14-6-7-14)20-15-5-3-4-13(8-15)10-19/h3-5,8,12,14,18-19H,6-7,9-10H2,1-2H3. The van der Waals surface area contributed by atoms with Crippen LogP contribution in [0.15, 0.2) is 24.3 Å². The summed E-state index contributed by atoms with van der Waals surface area (Å²) in [5, 5.41) is 21.9. The van der Waals surface area contributed by atoms with Crippen molar-refractivity contribution in [3.63, 3.8) is 0 Å². The summed E-state index contributed by atoms with van der Waals surface area (Å²) in [7, 11) is 0. The van der Waals surface area contributed by atoms with E-state index in [4.69, 9.17) is 9.84 Å². The molecule has 4 nitrogen and oxygen atoms in total. The van der Waals surface area contributed by atoms with Crippen molar-refractivity contribution in [1.29, 1.82) is 5.26 Å². The second-order valence-electron chi connectivity index (χ2n) is 5.80. The van der Waals surface area contributed by atoms with E-state index in [9.17, 15) is 5.26 Å². The summed E-state index contributed by atoms with van der Waals surface area (Å²) in [6.45, 7) is 3.90. The lowest BCUT2D eigenvalue weighted by molar-refractivity contribution is 0.178. The summed E-state index contributed by atoms with van der Waals surface area (Å²) in [5.74, 6) is 0.732. The minimum atomic E-state index is -0.546. The molecule has 0 amide bonds. The van der Waals surface area contributed by atoms with Crippen LogP contribution in [0.5, 0.6) is 5.75 Å². The fraction of sp³-hybridized carbons (Fsp3) is 0.562. The highest BCUT2D eigenvalue weighted by molar-refractivity contribution is 5.28. The summed E-state index contributed by atoms with van der Waals surface area (Å²) in [5.41, 5.74) is 0.281. The molecule has 0 radical (unpaired) electrons. The van der Waals surface area contributed by atoms with Gasteiger partial charge in [-0.05, 0) is 44.4 Å². The molecule has 0 aliphatic heterocycles. The predicted octanol–water partition coefficient (Wildman–Crippen LogP) is 2.37. The van der Waals surface area contributed by atoms with Gasteiger partial charge in [-0.2, -0.15) is 5.26 Å². The van der Waals surface area contributed by atoms with Crippen molar-refractivity contribution in [3.8, 4) is 11.8 Å². The van der Waals surface area contributed by atoms with Gasteiger partial charge in [-0.1, -0.05) is 12.1 Å². The topological polar surface area (TPSA) is 65.3 Å². The van der Waals surface area contributed by atoms with Crippen LogP contribution in [0.2, 0.25) is 0 Å². The third-order valence-electron chi connectivity index (χ3n) is 3.46. The molecule has 0 heterocycles. The summed E-state index contributed by atoms with van der Waals surface area (Å²) in [6.07, 6.45) is 2.87. The maximum atomic E-state index is 9.36. The molecule has 1 fully saturated rings. The molecule has 1 saturated carbocycles. The molecule has 0 aromatic heterocycles. The summed E-state index contributed by atoms with van der Waals surface area (Å²) in [6, 6.07) is 10.3. The van der Waals surface area contributed by atoms with Crippen LogP contribution in [-0.4, -0.2) is 22.8 Å². The molecule has 2 unspecified atom stereocenters. The molecular formula is C16H22N2O2. The molecule has 4 heteroatoms. The van der Waals surface area contributed by atoms with Crippen molar-refractivity contribution in [1.82, 2.24) is 5.32 Å². The Labute approximate surface area is 120 Å². The van der Waals surface area contributed by atoms with Crippen LogP contribution in [0.4, 0.5) is 0 Å². The first-order valence-electron chi connectivity index (χ1n) is 7.10. The van der Waals surface area contributed by atoms with Gasteiger partial charge in [0.15, 0.2) is 0 Å². The minimum Gasteiger partial charge on any atom is -0.491 e. The Morgan fingerprint density at radius 3 is 2.90 bits per heavy atom. The molecule has 1 aliphatic carbocycles. The lowest BCUT2D eigenvalue weighted by Crippen LogP contribution is -2.45. The van der Waals surface area contributed by atoms with E-state index in [2.05, 4.69) is 11.4 Å². The number of nitrogens with one attached hydrogen (secondary N) is 1. The number of rotatable bonds is 7. The average Bonchev–Trinajstić information content (AvgIpc) is 3.22. The average molecular weight is 274 g/mol. The van der Waals surface area contributed by atoms with E-state index < -0.39 is 5.54 Å². The maximum Gasteiger partial charge on any atom is 0.120 e. The van der Waals surface area contributed by atoms with Gasteiger partial charge in [0.1, 0.15) is 11.3 Å². The van der Waals surface area contributed by atoms with E-state index in [0.717, 1.165) is 24.2 Å². The van der Waals surface area contributed by atoms with Crippen LogP contribution >= 0.6 is 0 Å². The van der Waals surface area contributed by atoms with Gasteiger partial charge in [-0.25, -0.2) is 0 Å². The van der Waals surface area contributed by atoms with Crippen LogP contribution in [0, 0.1) is 11.3 Å². The third kappa shape index (κ3) is 4.22. The van der Waals surface area contributed by atoms with Crippen molar-refractivity contribution < 1.29 is 9.84 Å². The number of hydrogen-bond acceptors (Lipinski definition) is 4. The Hall–Kier alpha value is -1.57. The molecule has 0 spiro atoms. The minimum absolute atomic E-state index is 0.00469. The SMILES string of the molecule is CC(CC(C)(C#N)NC1CC1)Oc1cccc(CO)c1. The lowest BCUT2D eigenvalue weighted by Gasteiger charge is -2.27. The van der Waals surface area contributed by atoms with Crippen molar-refractivity contribution in [2.75, 3.05) is 0 Å². The van der Waals surface area contributed by atoms with E-state index >= 15 is 0 Å². The van der Waals surface area contributed by atoms with Gasteiger partial charge in [0.25, 0.3) is 0 Å². The van der Waals surface area contributed by atoms with Gasteiger partial charge in [-0.3, -0.25) is 5.32 Å². The molecule has 2 N–H and O–H groups in total. The Morgan fingerprint density at radius 2 is 2.30 bits per heavy atom. The van der Waals surface area contributed by atoms with Crippen molar-refractivity contribution in [2.45, 2.75) is 57.4 Å². The number of aliphatic hydroxyl groups excluding tert-OH is 1. The molecular weight excluding hydrogens is 252 g/mol. The number of nitrogens with zero attached hydrogens (tertiary/aromatic N) is 1. The first-order chi connectivity index (χ1) is 9.54. The number of ether oxygens (including phenoxy) is 1. The van der Waals surface area contributed by atoms with E-state index in [1.807, 2.05) is 38.1 Å².